The standard InChI is InChI=1S/C26H23BrN6O2.BrH/c27-22-6-1-2-7-23(22)32-16-18-15-29-25(30-19-8-10-21(34)11-9-19)31-24(18)33(26(32)35)20-5-3-4-17(14-20)12-13-28;/h1-11,14-15,34H,12-13,16,28H2,(H,29,30,31);1H. The van der Waals surface area contributed by atoms with Gasteiger partial charge < -0.3 is 16.2 Å². The first kappa shape index (κ1) is 25.6. The highest BCUT2D eigenvalue weighted by Crippen LogP contribution is 2.38. The van der Waals surface area contributed by atoms with Crippen LogP contribution in [0.25, 0.3) is 0 Å². The Kier molecular flexibility index (Phi) is 7.88. The summed E-state index contributed by atoms with van der Waals surface area (Å²) in [5.41, 5.74) is 9.80. The summed E-state index contributed by atoms with van der Waals surface area (Å²) in [4.78, 5) is 26.4. The van der Waals surface area contributed by atoms with E-state index in [1.165, 1.54) is 0 Å². The van der Waals surface area contributed by atoms with Crippen molar-refractivity contribution < 1.29 is 9.90 Å². The van der Waals surface area contributed by atoms with Crippen molar-refractivity contribution in [1.82, 2.24) is 9.97 Å². The molecule has 0 atom stereocenters. The summed E-state index contributed by atoms with van der Waals surface area (Å²) in [6.45, 7) is 0.842. The Morgan fingerprint density at radius 3 is 2.58 bits per heavy atom. The molecule has 4 N–H and O–H groups in total. The van der Waals surface area contributed by atoms with Gasteiger partial charge in [-0.2, -0.15) is 4.98 Å². The molecule has 4 aromatic rings. The van der Waals surface area contributed by atoms with Crippen LogP contribution in [0.3, 0.4) is 0 Å². The van der Waals surface area contributed by atoms with E-state index < -0.39 is 0 Å². The largest absolute Gasteiger partial charge is 0.508 e. The van der Waals surface area contributed by atoms with E-state index in [0.29, 0.717) is 37.0 Å². The second kappa shape index (κ2) is 11.1. The zero-order chi connectivity index (χ0) is 24.4. The van der Waals surface area contributed by atoms with E-state index in [2.05, 4.69) is 26.2 Å². The number of nitrogens with zero attached hydrogens (tertiary/aromatic N) is 4. The Balaban J connectivity index is 0.00000304. The minimum Gasteiger partial charge on any atom is -0.508 e. The summed E-state index contributed by atoms with van der Waals surface area (Å²) in [5, 5.41) is 12.7. The fourth-order valence-corrected chi connectivity index (χ4v) is 4.49. The molecule has 3 aromatic carbocycles. The lowest BCUT2D eigenvalue weighted by molar-refractivity contribution is 0.252. The predicted molar refractivity (Wildman–Crippen MR) is 151 cm³/mol. The van der Waals surface area contributed by atoms with Crippen LogP contribution >= 0.6 is 32.9 Å². The molecular formula is C26H24Br2N6O2. The molecule has 0 radical (unpaired) electrons. The number of para-hydroxylation sites is 1. The van der Waals surface area contributed by atoms with Gasteiger partial charge in [0.05, 0.1) is 17.9 Å². The van der Waals surface area contributed by atoms with Gasteiger partial charge in [-0.1, -0.05) is 24.3 Å². The van der Waals surface area contributed by atoms with Crippen molar-refractivity contribution in [3.63, 3.8) is 0 Å². The fraction of sp³-hybridized carbons (Fsp3) is 0.115. The number of amides is 2. The zero-order valence-corrected chi connectivity index (χ0v) is 22.4. The molecule has 0 saturated carbocycles. The van der Waals surface area contributed by atoms with E-state index in [-0.39, 0.29) is 28.8 Å². The Labute approximate surface area is 227 Å². The number of rotatable bonds is 6. The third kappa shape index (κ3) is 5.20. The number of anilines is 5. The van der Waals surface area contributed by atoms with Crippen LogP contribution in [0.4, 0.5) is 33.6 Å². The number of hydrogen-bond acceptors (Lipinski definition) is 6. The third-order valence-electron chi connectivity index (χ3n) is 5.67. The maximum absolute atomic E-state index is 13.9. The normalized spacial score (nSPS) is 12.7. The molecule has 0 saturated heterocycles. The number of carbonyl (C=O) groups excluding carboxylic acids is 1. The Bertz CT molecular complexity index is 1380. The highest BCUT2D eigenvalue weighted by Gasteiger charge is 2.35. The molecule has 1 aromatic heterocycles. The van der Waals surface area contributed by atoms with E-state index in [4.69, 9.17) is 10.7 Å². The lowest BCUT2D eigenvalue weighted by atomic mass is 10.1. The highest BCUT2D eigenvalue weighted by molar-refractivity contribution is 9.10. The third-order valence-corrected chi connectivity index (χ3v) is 6.34. The van der Waals surface area contributed by atoms with Gasteiger partial charge in [0.2, 0.25) is 5.95 Å². The van der Waals surface area contributed by atoms with Crippen LogP contribution in [0.2, 0.25) is 0 Å². The van der Waals surface area contributed by atoms with Crippen LogP contribution < -0.4 is 20.9 Å². The van der Waals surface area contributed by atoms with E-state index >= 15 is 0 Å². The molecule has 1 aliphatic heterocycles. The molecular weight excluding hydrogens is 588 g/mol. The van der Waals surface area contributed by atoms with Crippen molar-refractivity contribution in [2.75, 3.05) is 21.7 Å². The topological polar surface area (TPSA) is 108 Å². The number of phenolic OH excluding ortho intramolecular Hbond substituents is 1. The van der Waals surface area contributed by atoms with Crippen molar-refractivity contribution in [1.29, 1.82) is 0 Å². The van der Waals surface area contributed by atoms with Crippen LogP contribution in [-0.2, 0) is 13.0 Å². The monoisotopic (exact) mass is 610 g/mol. The van der Waals surface area contributed by atoms with Crippen LogP contribution in [0.5, 0.6) is 5.75 Å². The lowest BCUT2D eigenvalue weighted by Gasteiger charge is -2.36. The van der Waals surface area contributed by atoms with Gasteiger partial charge in [0, 0.05) is 21.9 Å². The van der Waals surface area contributed by atoms with Crippen molar-refractivity contribution in [3.8, 4) is 5.75 Å². The van der Waals surface area contributed by atoms with Crippen molar-refractivity contribution >= 4 is 67.8 Å². The summed E-state index contributed by atoms with van der Waals surface area (Å²) in [5.74, 6) is 1.03. The molecule has 1 aliphatic rings. The number of nitrogens with two attached hydrogens (primary N) is 1. The number of urea groups is 1. The summed E-state index contributed by atoms with van der Waals surface area (Å²) >= 11 is 3.58. The molecule has 2 amide bonds. The van der Waals surface area contributed by atoms with E-state index in [9.17, 15) is 9.90 Å². The molecule has 36 heavy (non-hydrogen) atoms. The molecule has 2 heterocycles. The molecule has 0 spiro atoms. The van der Waals surface area contributed by atoms with E-state index in [1.54, 1.807) is 40.3 Å². The lowest BCUT2D eigenvalue weighted by Crippen LogP contribution is -2.45. The average Bonchev–Trinajstić information content (AvgIpc) is 2.86. The van der Waals surface area contributed by atoms with Crippen LogP contribution in [0, 0.1) is 0 Å². The van der Waals surface area contributed by atoms with Gasteiger partial charge in [0.25, 0.3) is 0 Å². The van der Waals surface area contributed by atoms with Gasteiger partial charge in [-0.25, -0.2) is 14.7 Å². The number of nitrogens with one attached hydrogen (secondary N) is 1. The molecule has 8 nitrogen and oxygen atoms in total. The second-order valence-electron chi connectivity index (χ2n) is 8.08. The van der Waals surface area contributed by atoms with Gasteiger partial charge in [-0.15, -0.1) is 17.0 Å². The maximum atomic E-state index is 13.9. The zero-order valence-electron chi connectivity index (χ0n) is 19.1. The molecule has 10 heteroatoms. The quantitative estimate of drug-likeness (QED) is 0.229. The van der Waals surface area contributed by atoms with Gasteiger partial charge in [0.15, 0.2) is 5.82 Å². The van der Waals surface area contributed by atoms with Crippen molar-refractivity contribution in [3.05, 3.63) is 94.6 Å². The van der Waals surface area contributed by atoms with Gasteiger partial charge >= 0.3 is 6.03 Å². The Morgan fingerprint density at radius 2 is 1.83 bits per heavy atom. The highest BCUT2D eigenvalue weighted by atomic mass is 79.9. The Hall–Kier alpha value is -3.47. The summed E-state index contributed by atoms with van der Waals surface area (Å²) in [7, 11) is 0. The summed E-state index contributed by atoms with van der Waals surface area (Å²) in [6.07, 6.45) is 2.44. The van der Waals surface area contributed by atoms with Gasteiger partial charge in [-0.05, 0) is 83.0 Å². The minimum atomic E-state index is -0.219. The molecule has 0 bridgehead atoms. The number of benzene rings is 3. The number of hydrogen-bond donors (Lipinski definition) is 3. The smallest absolute Gasteiger partial charge is 0.335 e. The van der Waals surface area contributed by atoms with Gasteiger partial charge in [-0.3, -0.25) is 4.90 Å². The van der Waals surface area contributed by atoms with Crippen molar-refractivity contribution in [2.45, 2.75) is 13.0 Å². The van der Waals surface area contributed by atoms with E-state index in [1.807, 2.05) is 48.5 Å². The van der Waals surface area contributed by atoms with E-state index in [0.717, 1.165) is 27.0 Å². The fourth-order valence-electron chi connectivity index (χ4n) is 4.00. The number of halogens is 2. The van der Waals surface area contributed by atoms with Crippen LogP contribution in [0.1, 0.15) is 11.1 Å². The first-order valence-corrected chi connectivity index (χ1v) is 11.9. The van der Waals surface area contributed by atoms with Crippen molar-refractivity contribution in [2.24, 2.45) is 5.73 Å². The molecule has 0 unspecified atom stereocenters. The summed E-state index contributed by atoms with van der Waals surface area (Å²) < 4.78 is 0.820. The second-order valence-corrected chi connectivity index (χ2v) is 8.93. The van der Waals surface area contributed by atoms with Crippen LogP contribution in [0.15, 0.2) is 83.5 Å². The molecule has 0 aliphatic carbocycles. The number of phenols is 1. The number of carbonyl (C=O) groups is 1. The molecule has 0 fully saturated rings. The minimum absolute atomic E-state index is 0. The summed E-state index contributed by atoms with van der Waals surface area (Å²) in [6, 6.07) is 21.8. The molecule has 184 valence electrons. The SMILES string of the molecule is Br.NCCc1cccc(N2C(=O)N(c3ccccc3Br)Cc3cnc(Nc4ccc(O)cc4)nc32)c1. The number of fused-ring (bicyclic) bond motifs is 1. The Morgan fingerprint density at radius 1 is 1.06 bits per heavy atom. The van der Waals surface area contributed by atoms with Crippen LogP contribution in [-0.4, -0.2) is 27.7 Å². The first-order chi connectivity index (χ1) is 17.0. The number of aromatic hydroxyl groups is 1. The first-order valence-electron chi connectivity index (χ1n) is 11.1. The number of aromatic nitrogens is 2. The van der Waals surface area contributed by atoms with Gasteiger partial charge in [0.1, 0.15) is 5.75 Å². The average molecular weight is 612 g/mol. The molecule has 5 rings (SSSR count). The maximum Gasteiger partial charge on any atom is 0.335 e. The predicted octanol–water partition coefficient (Wildman–Crippen LogP) is 6.05.